The molecule has 4 aromatic rings. The van der Waals surface area contributed by atoms with Crippen LogP contribution in [0.15, 0.2) is 82.0 Å². The van der Waals surface area contributed by atoms with Gasteiger partial charge in [0.05, 0.1) is 12.0 Å². The third-order valence-electron chi connectivity index (χ3n) is 5.10. The number of hydrogen-bond donors (Lipinski definition) is 1. The van der Waals surface area contributed by atoms with Gasteiger partial charge in [-0.2, -0.15) is 0 Å². The Bertz CT molecular complexity index is 1240. The molecule has 2 N–H and O–H groups in total. The molecule has 0 bridgehead atoms. The van der Waals surface area contributed by atoms with Crippen LogP contribution in [0.25, 0.3) is 11.0 Å². The summed E-state index contributed by atoms with van der Waals surface area (Å²) in [5, 5.41) is 0.169. The first kappa shape index (κ1) is 20.4. The molecule has 1 aromatic heterocycles. The molecule has 0 saturated heterocycles. The van der Waals surface area contributed by atoms with Gasteiger partial charge in [-0.1, -0.05) is 42.5 Å². The Labute approximate surface area is 180 Å². The Kier molecular flexibility index (Phi) is 6.13. The van der Waals surface area contributed by atoms with Crippen molar-refractivity contribution in [2.24, 2.45) is 0 Å². The number of hydrogen-bond acceptors (Lipinski definition) is 5. The van der Waals surface area contributed by atoms with Crippen LogP contribution < -0.4 is 15.9 Å². The zero-order valence-electron chi connectivity index (χ0n) is 17.0. The van der Waals surface area contributed by atoms with Gasteiger partial charge in [0.25, 0.3) is 0 Å². The van der Waals surface area contributed by atoms with Gasteiger partial charge in [0, 0.05) is 11.1 Å². The maximum absolute atomic E-state index is 13.0. The highest BCUT2D eigenvalue weighted by Crippen LogP contribution is 2.21. The fraction of sp³-hybridized carbons (Fsp3) is 0.154. The third kappa shape index (κ3) is 4.67. The molecule has 155 valence electrons. The predicted octanol–water partition coefficient (Wildman–Crippen LogP) is 4.81. The van der Waals surface area contributed by atoms with Crippen LogP contribution in [0.5, 0.6) is 5.75 Å². The summed E-state index contributed by atoms with van der Waals surface area (Å²) >= 11 is 0. The van der Waals surface area contributed by atoms with Crippen molar-refractivity contribution in [1.82, 2.24) is 0 Å². The van der Waals surface area contributed by atoms with Crippen LogP contribution in [-0.4, -0.2) is 12.4 Å². The van der Waals surface area contributed by atoms with E-state index in [1.165, 1.54) is 5.56 Å². The minimum absolute atomic E-state index is 0.149. The molecule has 0 aliphatic heterocycles. The second kappa shape index (κ2) is 9.30. The van der Waals surface area contributed by atoms with E-state index in [0.717, 1.165) is 19.3 Å². The van der Waals surface area contributed by atoms with E-state index in [4.69, 9.17) is 14.9 Å². The maximum Gasteiger partial charge on any atom is 0.217 e. The number of rotatable bonds is 8. The lowest BCUT2D eigenvalue weighted by molar-refractivity contribution is 0.104. The molecule has 0 spiro atoms. The molecule has 0 fully saturated rings. The van der Waals surface area contributed by atoms with E-state index in [0.29, 0.717) is 17.9 Å². The van der Waals surface area contributed by atoms with Gasteiger partial charge in [-0.15, -0.1) is 0 Å². The minimum atomic E-state index is -0.458. The van der Waals surface area contributed by atoms with Gasteiger partial charge in [0.1, 0.15) is 17.0 Å². The van der Waals surface area contributed by atoms with Gasteiger partial charge in [-0.25, -0.2) is 0 Å². The maximum atomic E-state index is 13.0. The standard InChI is InChI=1S/C26H22NO4/c27-22-17-31-23-11-6-10-21(24(23)26(22)29)25(28)19-12-14-20(15-13-19)30-16-5-4-9-18-7-2-1-3-8-18/h1-3,6-8,10-15H,4-5,9,16,27H2. The summed E-state index contributed by atoms with van der Waals surface area (Å²) in [6.07, 6.45) is 5.37. The molecule has 0 aliphatic rings. The number of carbonyl (C=O) groups is 1. The van der Waals surface area contributed by atoms with Crippen LogP contribution in [0.3, 0.4) is 0 Å². The topological polar surface area (TPSA) is 82.5 Å². The average molecular weight is 412 g/mol. The third-order valence-corrected chi connectivity index (χ3v) is 5.10. The summed E-state index contributed by atoms with van der Waals surface area (Å²) in [7, 11) is 0. The highest BCUT2D eigenvalue weighted by molar-refractivity contribution is 6.16. The van der Waals surface area contributed by atoms with Gasteiger partial charge in [0.2, 0.25) is 5.43 Å². The monoisotopic (exact) mass is 412 g/mol. The van der Waals surface area contributed by atoms with E-state index in [9.17, 15) is 9.59 Å². The number of benzene rings is 3. The quantitative estimate of drug-likeness (QED) is 0.332. The molecular weight excluding hydrogens is 390 g/mol. The van der Waals surface area contributed by atoms with E-state index >= 15 is 0 Å². The molecule has 1 heterocycles. The lowest BCUT2D eigenvalue weighted by Crippen LogP contribution is -2.13. The number of unbranched alkanes of at least 4 members (excludes halogenated alkanes) is 1. The van der Waals surface area contributed by atoms with Gasteiger partial charge < -0.3 is 14.9 Å². The van der Waals surface area contributed by atoms with Crippen LogP contribution in [0.1, 0.15) is 34.3 Å². The molecule has 0 aliphatic carbocycles. The lowest BCUT2D eigenvalue weighted by atomic mass is 9.99. The second-order valence-corrected chi connectivity index (χ2v) is 7.27. The normalized spacial score (nSPS) is 10.8. The van der Waals surface area contributed by atoms with Crippen molar-refractivity contribution < 1.29 is 13.9 Å². The van der Waals surface area contributed by atoms with Crippen molar-refractivity contribution in [3.05, 3.63) is 106 Å². The Morgan fingerprint density at radius 2 is 1.71 bits per heavy atom. The fourth-order valence-corrected chi connectivity index (χ4v) is 3.45. The Hall–Kier alpha value is -3.86. The summed E-state index contributed by atoms with van der Waals surface area (Å²) < 4.78 is 11.0. The minimum Gasteiger partial charge on any atom is -0.494 e. The highest BCUT2D eigenvalue weighted by atomic mass is 16.5. The van der Waals surface area contributed by atoms with Gasteiger partial charge in [-0.3, -0.25) is 9.59 Å². The van der Waals surface area contributed by atoms with Gasteiger partial charge >= 0.3 is 0 Å². The number of nitrogen functional groups attached to an aromatic ring is 1. The first-order valence-corrected chi connectivity index (χ1v) is 10.2. The molecule has 0 saturated carbocycles. The molecule has 1 radical (unpaired) electrons. The van der Waals surface area contributed by atoms with Gasteiger partial charge in [-0.05, 0) is 55.2 Å². The molecule has 5 nitrogen and oxygen atoms in total. The Morgan fingerprint density at radius 1 is 0.935 bits per heavy atom. The first-order valence-electron chi connectivity index (χ1n) is 10.2. The second-order valence-electron chi connectivity index (χ2n) is 7.27. The molecule has 31 heavy (non-hydrogen) atoms. The number of nitrogens with two attached hydrogens (primary N) is 1. The number of carbonyl (C=O) groups excluding carboxylic acids is 1. The van der Waals surface area contributed by atoms with Crippen LogP contribution in [0.4, 0.5) is 5.69 Å². The van der Waals surface area contributed by atoms with Crippen LogP contribution in [0, 0.1) is 6.26 Å². The van der Waals surface area contributed by atoms with E-state index < -0.39 is 5.43 Å². The summed E-state index contributed by atoms with van der Waals surface area (Å²) in [5.74, 6) is 0.422. The molecule has 3 aromatic carbocycles. The molecule has 4 rings (SSSR count). The molecule has 0 unspecified atom stereocenters. The van der Waals surface area contributed by atoms with E-state index in [2.05, 4.69) is 18.4 Å². The fourth-order valence-electron chi connectivity index (χ4n) is 3.45. The van der Waals surface area contributed by atoms with E-state index in [1.807, 2.05) is 18.2 Å². The largest absolute Gasteiger partial charge is 0.494 e. The van der Waals surface area contributed by atoms with Crippen molar-refractivity contribution >= 4 is 22.4 Å². The number of anilines is 1. The zero-order chi connectivity index (χ0) is 21.6. The number of fused-ring (bicyclic) bond motifs is 1. The SMILES string of the molecule is Nc1[c]oc2cccc(C(=O)c3ccc(OCCCCc4ccccc4)cc3)c2c1=O. The number of aryl methyl sites for hydroxylation is 1. The molecule has 0 amide bonds. The van der Waals surface area contributed by atoms with Crippen LogP contribution >= 0.6 is 0 Å². The Morgan fingerprint density at radius 3 is 2.48 bits per heavy atom. The van der Waals surface area contributed by atoms with E-state index in [-0.39, 0.29) is 28.0 Å². The van der Waals surface area contributed by atoms with Crippen molar-refractivity contribution in [3.63, 3.8) is 0 Å². The van der Waals surface area contributed by atoms with Crippen molar-refractivity contribution in [2.75, 3.05) is 12.3 Å². The lowest BCUT2D eigenvalue weighted by Gasteiger charge is -2.08. The van der Waals surface area contributed by atoms with E-state index in [1.54, 1.807) is 42.5 Å². The number of ketones is 1. The number of ether oxygens (including phenoxy) is 1. The van der Waals surface area contributed by atoms with Gasteiger partial charge in [0.15, 0.2) is 12.0 Å². The summed E-state index contributed by atoms with van der Waals surface area (Å²) in [6.45, 7) is 0.611. The smallest absolute Gasteiger partial charge is 0.217 e. The zero-order valence-corrected chi connectivity index (χ0v) is 17.0. The van der Waals surface area contributed by atoms with Crippen molar-refractivity contribution in [3.8, 4) is 5.75 Å². The average Bonchev–Trinajstić information content (AvgIpc) is 2.81. The Balaban J connectivity index is 1.39. The predicted molar refractivity (Wildman–Crippen MR) is 120 cm³/mol. The summed E-state index contributed by atoms with van der Waals surface area (Å²) in [6, 6.07) is 22.2. The molecular formula is C26H22NO4. The molecule has 0 atom stereocenters. The van der Waals surface area contributed by atoms with Crippen LogP contribution in [0.2, 0.25) is 0 Å². The highest BCUT2D eigenvalue weighted by Gasteiger charge is 2.17. The van der Waals surface area contributed by atoms with Crippen molar-refractivity contribution in [1.29, 1.82) is 0 Å². The molecule has 5 heteroatoms. The van der Waals surface area contributed by atoms with Crippen molar-refractivity contribution in [2.45, 2.75) is 19.3 Å². The summed E-state index contributed by atoms with van der Waals surface area (Å²) in [5.41, 5.74) is 7.33. The van der Waals surface area contributed by atoms with Crippen LogP contribution in [-0.2, 0) is 6.42 Å². The summed E-state index contributed by atoms with van der Waals surface area (Å²) in [4.78, 5) is 25.4. The first-order chi connectivity index (χ1) is 15.1.